The first-order chi connectivity index (χ1) is 9.13. The zero-order chi connectivity index (χ0) is 15.4. The van der Waals surface area contributed by atoms with Gasteiger partial charge in [0.05, 0.1) is 0 Å². The van der Waals surface area contributed by atoms with Crippen LogP contribution in [0.15, 0.2) is 18.3 Å². The fourth-order valence-corrected chi connectivity index (χ4v) is 2.60. The van der Waals surface area contributed by atoms with Crippen LogP contribution in [0.3, 0.4) is 0 Å². The van der Waals surface area contributed by atoms with E-state index in [1.165, 1.54) is 0 Å². The molecule has 0 bridgehead atoms. The van der Waals surface area contributed by atoms with Gasteiger partial charge in [0.25, 0.3) is 5.91 Å². The molecule has 0 aliphatic rings. The summed E-state index contributed by atoms with van der Waals surface area (Å²) >= 11 is 0. The van der Waals surface area contributed by atoms with Crippen LogP contribution in [0, 0.1) is 5.41 Å². The Balaban J connectivity index is 2.78. The highest BCUT2D eigenvalue weighted by Gasteiger charge is 2.27. The Labute approximate surface area is 122 Å². The summed E-state index contributed by atoms with van der Waals surface area (Å²) in [7, 11) is 0. The highest BCUT2D eigenvalue weighted by Crippen LogP contribution is 2.27. The van der Waals surface area contributed by atoms with Gasteiger partial charge in [-0.1, -0.05) is 20.8 Å². The summed E-state index contributed by atoms with van der Waals surface area (Å²) in [6, 6.07) is 3.52. The lowest BCUT2D eigenvalue weighted by molar-refractivity contribution is 0.0891. The van der Waals surface area contributed by atoms with Gasteiger partial charge in [-0.3, -0.25) is 4.79 Å². The Kier molecular flexibility index (Phi) is 5.15. The molecule has 1 aromatic rings. The van der Waals surface area contributed by atoms with Gasteiger partial charge in [-0.05, 0) is 44.7 Å². The van der Waals surface area contributed by atoms with Crippen molar-refractivity contribution in [1.29, 1.82) is 0 Å². The standard InChI is InChI=1S/C16H27N3O/c1-7-17-13-10-12(8-9-18-13)14(20)19-16(5,6)11-15(2,3)4/h8-10H,7,11H2,1-6H3,(H,17,18)(H,19,20). The number of carbonyl (C=O) groups is 1. The summed E-state index contributed by atoms with van der Waals surface area (Å²) in [6.07, 6.45) is 2.57. The number of hydrogen-bond donors (Lipinski definition) is 2. The minimum Gasteiger partial charge on any atom is -0.370 e. The van der Waals surface area contributed by atoms with E-state index in [4.69, 9.17) is 0 Å². The Bertz CT molecular complexity index is 461. The van der Waals surface area contributed by atoms with E-state index in [-0.39, 0.29) is 16.9 Å². The number of hydrogen-bond acceptors (Lipinski definition) is 3. The van der Waals surface area contributed by atoms with Crippen molar-refractivity contribution in [3.63, 3.8) is 0 Å². The van der Waals surface area contributed by atoms with Crippen molar-refractivity contribution in [2.45, 2.75) is 53.5 Å². The lowest BCUT2D eigenvalue weighted by Gasteiger charge is -2.33. The number of anilines is 1. The minimum atomic E-state index is -0.239. The molecule has 0 spiro atoms. The predicted octanol–water partition coefficient (Wildman–Crippen LogP) is 3.46. The van der Waals surface area contributed by atoms with E-state index in [0.717, 1.165) is 18.8 Å². The van der Waals surface area contributed by atoms with Crippen molar-refractivity contribution in [3.8, 4) is 0 Å². The van der Waals surface area contributed by atoms with E-state index in [1.807, 2.05) is 6.92 Å². The molecule has 0 unspecified atom stereocenters. The molecule has 1 aromatic heterocycles. The topological polar surface area (TPSA) is 54.0 Å². The summed E-state index contributed by atoms with van der Waals surface area (Å²) in [6.45, 7) is 13.4. The van der Waals surface area contributed by atoms with E-state index in [0.29, 0.717) is 5.56 Å². The van der Waals surface area contributed by atoms with Crippen LogP contribution in [-0.4, -0.2) is 23.0 Å². The second-order valence-corrected chi connectivity index (χ2v) is 7.04. The third kappa shape index (κ3) is 5.59. The second kappa shape index (κ2) is 6.25. The summed E-state index contributed by atoms with van der Waals surface area (Å²) in [5, 5.41) is 6.22. The molecule has 0 saturated heterocycles. The maximum Gasteiger partial charge on any atom is 0.251 e. The van der Waals surface area contributed by atoms with E-state index in [1.54, 1.807) is 18.3 Å². The fraction of sp³-hybridized carbons (Fsp3) is 0.625. The molecule has 0 aliphatic heterocycles. The van der Waals surface area contributed by atoms with Crippen LogP contribution in [0.2, 0.25) is 0 Å². The third-order valence-electron chi connectivity index (χ3n) is 2.80. The molecule has 4 nitrogen and oxygen atoms in total. The maximum atomic E-state index is 12.3. The van der Waals surface area contributed by atoms with Gasteiger partial charge in [-0.25, -0.2) is 4.98 Å². The fourth-order valence-electron chi connectivity index (χ4n) is 2.60. The van der Waals surface area contributed by atoms with E-state index in [9.17, 15) is 4.79 Å². The number of pyridine rings is 1. The summed E-state index contributed by atoms with van der Waals surface area (Å²) in [5.41, 5.74) is 0.568. The number of carbonyl (C=O) groups excluding carboxylic acids is 1. The van der Waals surface area contributed by atoms with Crippen LogP contribution in [0.1, 0.15) is 58.3 Å². The molecule has 0 saturated carbocycles. The highest BCUT2D eigenvalue weighted by molar-refractivity contribution is 5.95. The Morgan fingerprint density at radius 3 is 2.45 bits per heavy atom. The van der Waals surface area contributed by atoms with E-state index < -0.39 is 0 Å². The van der Waals surface area contributed by atoms with Crippen molar-refractivity contribution in [1.82, 2.24) is 10.3 Å². The van der Waals surface area contributed by atoms with Gasteiger partial charge in [-0.15, -0.1) is 0 Å². The van der Waals surface area contributed by atoms with Crippen LogP contribution in [0.4, 0.5) is 5.82 Å². The number of amides is 1. The van der Waals surface area contributed by atoms with Crippen molar-refractivity contribution < 1.29 is 4.79 Å². The monoisotopic (exact) mass is 277 g/mol. The van der Waals surface area contributed by atoms with E-state index >= 15 is 0 Å². The van der Waals surface area contributed by atoms with Crippen LogP contribution in [0.25, 0.3) is 0 Å². The Hall–Kier alpha value is -1.58. The first-order valence-corrected chi connectivity index (χ1v) is 7.15. The molecule has 0 aromatic carbocycles. The molecule has 0 fully saturated rings. The van der Waals surface area contributed by atoms with Crippen LogP contribution >= 0.6 is 0 Å². The van der Waals surface area contributed by atoms with Gasteiger partial charge < -0.3 is 10.6 Å². The molecule has 1 amide bonds. The normalized spacial score (nSPS) is 12.1. The molecule has 0 aliphatic carbocycles. The quantitative estimate of drug-likeness (QED) is 0.866. The molecule has 1 rings (SSSR count). The predicted molar refractivity (Wildman–Crippen MR) is 84.0 cm³/mol. The largest absolute Gasteiger partial charge is 0.370 e. The SMILES string of the molecule is CCNc1cc(C(=O)NC(C)(C)CC(C)(C)C)ccn1. The molecule has 20 heavy (non-hydrogen) atoms. The molecular formula is C16H27N3O. The first kappa shape index (κ1) is 16.5. The molecule has 4 heteroatoms. The second-order valence-electron chi connectivity index (χ2n) is 7.04. The lowest BCUT2D eigenvalue weighted by atomic mass is 9.81. The summed E-state index contributed by atoms with van der Waals surface area (Å²) < 4.78 is 0. The average Bonchev–Trinajstić information content (AvgIpc) is 2.25. The molecule has 0 radical (unpaired) electrons. The van der Waals surface area contributed by atoms with Gasteiger partial charge in [0.15, 0.2) is 0 Å². The van der Waals surface area contributed by atoms with Crippen molar-refractivity contribution >= 4 is 11.7 Å². The molecule has 112 valence electrons. The number of aromatic nitrogens is 1. The van der Waals surface area contributed by atoms with Crippen LogP contribution in [-0.2, 0) is 0 Å². The summed E-state index contributed by atoms with van der Waals surface area (Å²) in [4.78, 5) is 16.5. The maximum absolute atomic E-state index is 12.3. The zero-order valence-corrected chi connectivity index (χ0v) is 13.5. The number of nitrogens with one attached hydrogen (secondary N) is 2. The van der Waals surface area contributed by atoms with Crippen LogP contribution in [0.5, 0.6) is 0 Å². The number of rotatable bonds is 5. The highest BCUT2D eigenvalue weighted by atomic mass is 16.1. The van der Waals surface area contributed by atoms with Crippen molar-refractivity contribution in [3.05, 3.63) is 23.9 Å². The smallest absolute Gasteiger partial charge is 0.251 e. The van der Waals surface area contributed by atoms with Crippen molar-refractivity contribution in [2.24, 2.45) is 5.41 Å². The average molecular weight is 277 g/mol. The third-order valence-corrected chi connectivity index (χ3v) is 2.80. The number of nitrogens with zero attached hydrogens (tertiary/aromatic N) is 1. The van der Waals surface area contributed by atoms with Gasteiger partial charge in [0.1, 0.15) is 5.82 Å². The van der Waals surface area contributed by atoms with E-state index in [2.05, 4.69) is 50.2 Å². The van der Waals surface area contributed by atoms with Gasteiger partial charge in [0.2, 0.25) is 0 Å². The molecule has 2 N–H and O–H groups in total. The molecule has 1 heterocycles. The van der Waals surface area contributed by atoms with Gasteiger partial charge in [-0.2, -0.15) is 0 Å². The van der Waals surface area contributed by atoms with Gasteiger partial charge >= 0.3 is 0 Å². The molecular weight excluding hydrogens is 250 g/mol. The lowest BCUT2D eigenvalue weighted by Crippen LogP contribution is -2.45. The zero-order valence-electron chi connectivity index (χ0n) is 13.5. The minimum absolute atomic E-state index is 0.0548. The Morgan fingerprint density at radius 2 is 1.90 bits per heavy atom. The Morgan fingerprint density at radius 1 is 1.25 bits per heavy atom. The summed E-state index contributed by atoms with van der Waals surface area (Å²) in [5.74, 6) is 0.676. The van der Waals surface area contributed by atoms with Crippen LogP contribution < -0.4 is 10.6 Å². The van der Waals surface area contributed by atoms with Crippen molar-refractivity contribution in [2.75, 3.05) is 11.9 Å². The molecule has 0 atom stereocenters. The first-order valence-electron chi connectivity index (χ1n) is 7.15. The van der Waals surface area contributed by atoms with Gasteiger partial charge in [0, 0.05) is 23.8 Å².